The van der Waals surface area contributed by atoms with Gasteiger partial charge in [-0.3, -0.25) is 14.4 Å². The number of amides is 2. The molecule has 3 rings (SSSR count). The van der Waals surface area contributed by atoms with E-state index >= 15 is 0 Å². The van der Waals surface area contributed by atoms with E-state index in [1.807, 2.05) is 50.4 Å². The number of carbonyl (C=O) groups excluding carboxylic acids is 2. The van der Waals surface area contributed by atoms with E-state index in [1.165, 1.54) is 16.9 Å². The predicted octanol–water partition coefficient (Wildman–Crippen LogP) is 5.29. The molecular weight excluding hydrogens is 408 g/mol. The zero-order valence-electron chi connectivity index (χ0n) is 18.3. The van der Waals surface area contributed by atoms with Crippen LogP contribution in [0.4, 0.5) is 0 Å². The Morgan fingerprint density at radius 3 is 2.10 bits per heavy atom. The smallest absolute Gasteiger partial charge is 0.271 e. The molecule has 1 atom stereocenters. The molecule has 2 amide bonds. The van der Waals surface area contributed by atoms with Crippen molar-refractivity contribution in [2.45, 2.75) is 45.8 Å². The standard InChI is InChI=1S/C25H28N2O3S/c1-5-17-8-10-18(11-9-17)19-12-14-20(15-13-19)23(28)26-22(21-7-6-16-31-21)24(29)27-30-25(2,3)4/h6-16,22H,5H2,1-4H3,(H,26,28)(H,27,29). The van der Waals surface area contributed by atoms with Crippen LogP contribution in [0.25, 0.3) is 11.1 Å². The maximum absolute atomic E-state index is 12.9. The molecule has 2 N–H and O–H groups in total. The molecule has 0 saturated carbocycles. The fourth-order valence-electron chi connectivity index (χ4n) is 2.95. The Bertz CT molecular complexity index is 1000. The minimum absolute atomic E-state index is 0.322. The Balaban J connectivity index is 1.73. The Hall–Kier alpha value is -2.96. The molecule has 1 aromatic heterocycles. The van der Waals surface area contributed by atoms with Gasteiger partial charge in [0.15, 0.2) is 0 Å². The van der Waals surface area contributed by atoms with E-state index in [1.54, 1.807) is 12.1 Å². The molecule has 1 heterocycles. The van der Waals surface area contributed by atoms with Crippen LogP contribution < -0.4 is 10.8 Å². The summed E-state index contributed by atoms with van der Waals surface area (Å²) in [6.45, 7) is 7.64. The van der Waals surface area contributed by atoms with E-state index in [4.69, 9.17) is 4.84 Å². The van der Waals surface area contributed by atoms with E-state index in [2.05, 4.69) is 42.0 Å². The second kappa shape index (κ2) is 9.90. The van der Waals surface area contributed by atoms with Crippen LogP contribution >= 0.6 is 11.3 Å². The first-order valence-electron chi connectivity index (χ1n) is 10.3. The third kappa shape index (κ3) is 6.26. The monoisotopic (exact) mass is 436 g/mol. The minimum atomic E-state index is -0.837. The Kier molecular flexibility index (Phi) is 7.25. The van der Waals surface area contributed by atoms with Crippen molar-refractivity contribution >= 4 is 23.2 Å². The summed E-state index contributed by atoms with van der Waals surface area (Å²) in [5.41, 5.74) is 5.82. The fourth-order valence-corrected chi connectivity index (χ4v) is 3.72. The van der Waals surface area contributed by atoms with E-state index < -0.39 is 17.6 Å². The number of rotatable bonds is 7. The van der Waals surface area contributed by atoms with Gasteiger partial charge in [0.05, 0.1) is 5.60 Å². The van der Waals surface area contributed by atoms with Gasteiger partial charge in [0.2, 0.25) is 0 Å². The summed E-state index contributed by atoms with van der Waals surface area (Å²) in [4.78, 5) is 31.7. The van der Waals surface area contributed by atoms with Crippen LogP contribution in [0, 0.1) is 0 Å². The van der Waals surface area contributed by atoms with Crippen LogP contribution in [0.15, 0.2) is 66.0 Å². The summed E-state index contributed by atoms with van der Waals surface area (Å²) in [7, 11) is 0. The molecule has 2 aromatic carbocycles. The van der Waals surface area contributed by atoms with Gasteiger partial charge < -0.3 is 5.32 Å². The Morgan fingerprint density at radius 1 is 0.968 bits per heavy atom. The second-order valence-electron chi connectivity index (χ2n) is 8.23. The van der Waals surface area contributed by atoms with Crippen LogP contribution in [-0.4, -0.2) is 17.4 Å². The molecule has 0 aliphatic carbocycles. The lowest BCUT2D eigenvalue weighted by atomic mass is 10.0. The maximum Gasteiger partial charge on any atom is 0.271 e. The lowest BCUT2D eigenvalue weighted by Gasteiger charge is -2.22. The molecule has 0 aliphatic heterocycles. The lowest BCUT2D eigenvalue weighted by molar-refractivity contribution is -0.147. The van der Waals surface area contributed by atoms with E-state index in [0.29, 0.717) is 5.56 Å². The van der Waals surface area contributed by atoms with Crippen LogP contribution in [0.3, 0.4) is 0 Å². The van der Waals surface area contributed by atoms with Crippen LogP contribution in [0.5, 0.6) is 0 Å². The first kappa shape index (κ1) is 22.7. The highest BCUT2D eigenvalue weighted by Gasteiger charge is 2.26. The summed E-state index contributed by atoms with van der Waals surface area (Å²) in [5, 5.41) is 4.69. The van der Waals surface area contributed by atoms with Gasteiger partial charge in [-0.25, -0.2) is 5.48 Å². The molecule has 0 bridgehead atoms. The van der Waals surface area contributed by atoms with Crippen molar-refractivity contribution in [3.63, 3.8) is 0 Å². The van der Waals surface area contributed by atoms with Crippen LogP contribution in [0.2, 0.25) is 0 Å². The van der Waals surface area contributed by atoms with Gasteiger partial charge in [0.1, 0.15) is 6.04 Å². The topological polar surface area (TPSA) is 67.4 Å². The van der Waals surface area contributed by atoms with Gasteiger partial charge in [0.25, 0.3) is 11.8 Å². The van der Waals surface area contributed by atoms with E-state index in [-0.39, 0.29) is 5.91 Å². The first-order valence-corrected chi connectivity index (χ1v) is 11.2. The quantitative estimate of drug-likeness (QED) is 0.494. The predicted molar refractivity (Wildman–Crippen MR) is 125 cm³/mol. The molecule has 3 aromatic rings. The van der Waals surface area contributed by atoms with Crippen molar-refractivity contribution in [1.29, 1.82) is 0 Å². The molecule has 0 aliphatic rings. The highest BCUT2D eigenvalue weighted by molar-refractivity contribution is 7.10. The molecule has 0 radical (unpaired) electrons. The Morgan fingerprint density at radius 2 is 1.58 bits per heavy atom. The van der Waals surface area contributed by atoms with Crippen LogP contribution in [0.1, 0.15) is 54.5 Å². The third-order valence-electron chi connectivity index (χ3n) is 4.67. The molecular formula is C25H28N2O3S. The SMILES string of the molecule is CCc1ccc(-c2ccc(C(=O)NC(C(=O)NOC(C)(C)C)c3cccs3)cc2)cc1. The summed E-state index contributed by atoms with van der Waals surface area (Å²) >= 11 is 1.40. The zero-order chi connectivity index (χ0) is 22.4. The molecule has 6 heteroatoms. The molecule has 0 fully saturated rings. The number of thiophene rings is 1. The lowest BCUT2D eigenvalue weighted by Crippen LogP contribution is -2.42. The van der Waals surface area contributed by atoms with Crippen molar-refractivity contribution in [3.05, 3.63) is 82.0 Å². The average molecular weight is 437 g/mol. The van der Waals surface area contributed by atoms with Gasteiger partial charge in [-0.2, -0.15) is 0 Å². The summed E-state index contributed by atoms with van der Waals surface area (Å²) < 4.78 is 0. The largest absolute Gasteiger partial charge is 0.336 e. The maximum atomic E-state index is 12.9. The molecule has 1 unspecified atom stereocenters. The molecule has 0 saturated heterocycles. The molecule has 31 heavy (non-hydrogen) atoms. The van der Waals surface area contributed by atoms with Gasteiger partial charge in [-0.1, -0.05) is 49.4 Å². The summed E-state index contributed by atoms with van der Waals surface area (Å²) in [5.74, 6) is -0.740. The number of aryl methyl sites for hydroxylation is 1. The number of hydrogen-bond acceptors (Lipinski definition) is 4. The second-order valence-corrected chi connectivity index (χ2v) is 9.21. The number of hydrogen-bond donors (Lipinski definition) is 2. The molecule has 0 spiro atoms. The van der Waals surface area contributed by atoms with Crippen molar-refractivity contribution in [3.8, 4) is 11.1 Å². The minimum Gasteiger partial charge on any atom is -0.336 e. The molecule has 5 nitrogen and oxygen atoms in total. The highest BCUT2D eigenvalue weighted by atomic mass is 32.1. The Labute approximate surface area is 187 Å². The van der Waals surface area contributed by atoms with E-state index in [0.717, 1.165) is 22.4 Å². The van der Waals surface area contributed by atoms with Crippen molar-refractivity contribution in [2.24, 2.45) is 0 Å². The fraction of sp³-hybridized carbons (Fsp3) is 0.280. The van der Waals surface area contributed by atoms with E-state index in [9.17, 15) is 9.59 Å². The van der Waals surface area contributed by atoms with Crippen LogP contribution in [-0.2, 0) is 16.1 Å². The third-order valence-corrected chi connectivity index (χ3v) is 5.60. The van der Waals surface area contributed by atoms with Gasteiger partial charge in [-0.15, -0.1) is 11.3 Å². The highest BCUT2D eigenvalue weighted by Crippen LogP contribution is 2.23. The van der Waals surface area contributed by atoms with Gasteiger partial charge >= 0.3 is 0 Å². The average Bonchev–Trinajstić information content (AvgIpc) is 3.30. The summed E-state index contributed by atoms with van der Waals surface area (Å²) in [6, 6.07) is 18.6. The number of hydroxylamine groups is 1. The first-order chi connectivity index (χ1) is 14.8. The van der Waals surface area contributed by atoms with Crippen molar-refractivity contribution in [1.82, 2.24) is 10.8 Å². The van der Waals surface area contributed by atoms with Gasteiger partial charge in [0, 0.05) is 10.4 Å². The number of benzene rings is 2. The molecule has 162 valence electrons. The summed E-state index contributed by atoms with van der Waals surface area (Å²) in [6.07, 6.45) is 0.999. The number of nitrogens with one attached hydrogen (secondary N) is 2. The van der Waals surface area contributed by atoms with Crippen molar-refractivity contribution in [2.75, 3.05) is 0 Å². The zero-order valence-corrected chi connectivity index (χ0v) is 19.1. The number of carbonyl (C=O) groups is 2. The van der Waals surface area contributed by atoms with Crippen molar-refractivity contribution < 1.29 is 14.4 Å². The normalized spacial score (nSPS) is 12.3. The van der Waals surface area contributed by atoms with Gasteiger partial charge in [-0.05, 0) is 67.5 Å².